The molecule has 2 saturated heterocycles. The summed E-state index contributed by atoms with van der Waals surface area (Å²) in [6.45, 7) is 7.93. The van der Waals surface area contributed by atoms with Gasteiger partial charge in [0.15, 0.2) is 0 Å². The first-order chi connectivity index (χ1) is 12.9. The van der Waals surface area contributed by atoms with Gasteiger partial charge < -0.3 is 9.64 Å². The smallest absolute Gasteiger partial charge is 0.123 e. The molecule has 0 amide bonds. The van der Waals surface area contributed by atoms with Gasteiger partial charge in [0.1, 0.15) is 10.8 Å². The summed E-state index contributed by atoms with van der Waals surface area (Å²) in [7, 11) is 0. The molecular formula is C21H29N3OS. The fraction of sp³-hybridized carbons (Fsp3) is 0.571. The number of likely N-dealkylation sites (tertiary alicyclic amines) is 2. The number of rotatable bonds is 8. The van der Waals surface area contributed by atoms with Gasteiger partial charge in [0, 0.05) is 24.0 Å². The van der Waals surface area contributed by atoms with Gasteiger partial charge in [-0.1, -0.05) is 0 Å². The van der Waals surface area contributed by atoms with Crippen molar-refractivity contribution in [2.75, 3.05) is 39.3 Å². The minimum Gasteiger partial charge on any atom is -0.494 e. The zero-order valence-corrected chi connectivity index (χ0v) is 16.3. The van der Waals surface area contributed by atoms with Crippen LogP contribution in [0.1, 0.15) is 37.8 Å². The van der Waals surface area contributed by atoms with E-state index in [2.05, 4.69) is 39.4 Å². The van der Waals surface area contributed by atoms with Crippen LogP contribution in [0.4, 0.5) is 0 Å². The summed E-state index contributed by atoms with van der Waals surface area (Å²) in [6.07, 6.45) is 6.48. The van der Waals surface area contributed by atoms with Crippen molar-refractivity contribution in [3.63, 3.8) is 0 Å². The molecule has 0 bridgehead atoms. The van der Waals surface area contributed by atoms with Gasteiger partial charge in [0.25, 0.3) is 0 Å². The van der Waals surface area contributed by atoms with Crippen LogP contribution in [0.2, 0.25) is 0 Å². The number of benzene rings is 1. The van der Waals surface area contributed by atoms with E-state index in [0.29, 0.717) is 0 Å². The van der Waals surface area contributed by atoms with Crippen LogP contribution in [0.5, 0.6) is 5.75 Å². The van der Waals surface area contributed by atoms with Crippen LogP contribution < -0.4 is 4.74 Å². The highest BCUT2D eigenvalue weighted by Crippen LogP contribution is 2.26. The van der Waals surface area contributed by atoms with Crippen molar-refractivity contribution in [3.8, 4) is 16.3 Å². The molecule has 0 aliphatic carbocycles. The normalized spacial score (nSPS) is 18.6. The van der Waals surface area contributed by atoms with Crippen LogP contribution in [-0.4, -0.2) is 54.1 Å². The summed E-state index contributed by atoms with van der Waals surface area (Å²) in [4.78, 5) is 9.86. The van der Waals surface area contributed by atoms with Gasteiger partial charge in [-0.3, -0.25) is 4.90 Å². The molecule has 2 aliphatic rings. The summed E-state index contributed by atoms with van der Waals surface area (Å²) in [5.74, 6) is 0.962. The minimum absolute atomic E-state index is 0.799. The van der Waals surface area contributed by atoms with Gasteiger partial charge in [-0.05, 0) is 82.5 Å². The molecule has 5 heteroatoms. The maximum Gasteiger partial charge on any atom is 0.123 e. The molecule has 2 fully saturated rings. The van der Waals surface area contributed by atoms with E-state index in [0.717, 1.165) is 36.9 Å². The van der Waals surface area contributed by atoms with E-state index in [4.69, 9.17) is 9.72 Å². The molecule has 1 aromatic carbocycles. The highest BCUT2D eigenvalue weighted by Gasteiger charge is 2.14. The Kier molecular flexibility index (Phi) is 6.20. The lowest BCUT2D eigenvalue weighted by Crippen LogP contribution is -2.21. The van der Waals surface area contributed by atoms with E-state index < -0.39 is 0 Å². The molecule has 0 radical (unpaired) electrons. The van der Waals surface area contributed by atoms with Gasteiger partial charge in [-0.25, -0.2) is 4.98 Å². The van der Waals surface area contributed by atoms with Crippen LogP contribution in [0, 0.1) is 0 Å². The SMILES string of the molecule is c1cc(-c2nc(CN3CCCC3)cs2)ccc1OCCCN1CCCC1. The molecule has 0 N–H and O–H groups in total. The van der Waals surface area contributed by atoms with Crippen molar-refractivity contribution < 1.29 is 4.74 Å². The number of hydrogen-bond donors (Lipinski definition) is 0. The number of hydrogen-bond acceptors (Lipinski definition) is 5. The standard InChI is InChI=1S/C21H29N3OS/c1-2-11-23(10-1)14-5-15-25-20-8-6-18(7-9-20)21-22-19(17-26-21)16-24-12-3-4-13-24/h6-9,17H,1-5,10-16H2. The Morgan fingerprint density at radius 2 is 1.62 bits per heavy atom. The van der Waals surface area contributed by atoms with E-state index in [1.165, 1.54) is 63.1 Å². The van der Waals surface area contributed by atoms with Crippen LogP contribution in [-0.2, 0) is 6.54 Å². The maximum absolute atomic E-state index is 5.90. The minimum atomic E-state index is 0.799. The summed E-state index contributed by atoms with van der Waals surface area (Å²) >= 11 is 1.74. The summed E-state index contributed by atoms with van der Waals surface area (Å²) in [6, 6.07) is 8.42. The van der Waals surface area contributed by atoms with Gasteiger partial charge in [0.05, 0.1) is 12.3 Å². The fourth-order valence-corrected chi connectivity index (χ4v) is 4.68. The summed E-state index contributed by atoms with van der Waals surface area (Å²) in [5.41, 5.74) is 2.39. The third-order valence-electron chi connectivity index (χ3n) is 5.32. The quantitative estimate of drug-likeness (QED) is 0.648. The second kappa shape index (κ2) is 8.98. The first-order valence-corrected chi connectivity index (χ1v) is 10.9. The molecule has 2 aromatic rings. The number of ether oxygens (including phenoxy) is 1. The number of thiazole rings is 1. The van der Waals surface area contributed by atoms with Crippen LogP contribution in [0.25, 0.3) is 10.6 Å². The predicted molar refractivity (Wildman–Crippen MR) is 108 cm³/mol. The average Bonchev–Trinajstić information content (AvgIpc) is 3.43. The van der Waals surface area contributed by atoms with Gasteiger partial charge in [-0.2, -0.15) is 0 Å². The second-order valence-corrected chi connectivity index (χ2v) is 8.26. The van der Waals surface area contributed by atoms with E-state index in [1.54, 1.807) is 11.3 Å². The van der Waals surface area contributed by atoms with E-state index >= 15 is 0 Å². The molecule has 4 rings (SSSR count). The molecule has 0 unspecified atom stereocenters. The average molecular weight is 372 g/mol. The third kappa shape index (κ3) is 4.84. The topological polar surface area (TPSA) is 28.6 Å². The van der Waals surface area contributed by atoms with Crippen molar-refractivity contribution in [3.05, 3.63) is 35.3 Å². The Balaban J connectivity index is 1.25. The number of nitrogens with zero attached hydrogens (tertiary/aromatic N) is 3. The van der Waals surface area contributed by atoms with E-state index in [9.17, 15) is 0 Å². The molecule has 26 heavy (non-hydrogen) atoms. The van der Waals surface area contributed by atoms with Crippen LogP contribution in [0.15, 0.2) is 29.6 Å². The Morgan fingerprint density at radius 1 is 0.923 bits per heavy atom. The Morgan fingerprint density at radius 3 is 2.35 bits per heavy atom. The van der Waals surface area contributed by atoms with E-state index in [-0.39, 0.29) is 0 Å². The highest BCUT2D eigenvalue weighted by atomic mass is 32.1. The van der Waals surface area contributed by atoms with Gasteiger partial charge in [0.2, 0.25) is 0 Å². The predicted octanol–water partition coefficient (Wildman–Crippen LogP) is 4.27. The van der Waals surface area contributed by atoms with Crippen LogP contribution in [0.3, 0.4) is 0 Å². The summed E-state index contributed by atoms with van der Waals surface area (Å²) < 4.78 is 5.90. The third-order valence-corrected chi connectivity index (χ3v) is 6.26. The molecule has 140 valence electrons. The molecule has 2 aliphatic heterocycles. The summed E-state index contributed by atoms with van der Waals surface area (Å²) in [5, 5.41) is 3.32. The molecular weight excluding hydrogens is 342 g/mol. The Labute approximate surface area is 160 Å². The van der Waals surface area contributed by atoms with Crippen molar-refractivity contribution in [1.82, 2.24) is 14.8 Å². The molecule has 0 atom stereocenters. The molecule has 4 nitrogen and oxygen atoms in total. The lowest BCUT2D eigenvalue weighted by atomic mass is 10.2. The molecule has 0 saturated carbocycles. The second-order valence-electron chi connectivity index (χ2n) is 7.40. The molecule has 0 spiro atoms. The van der Waals surface area contributed by atoms with Gasteiger partial charge >= 0.3 is 0 Å². The zero-order valence-electron chi connectivity index (χ0n) is 15.5. The molecule has 3 heterocycles. The highest BCUT2D eigenvalue weighted by molar-refractivity contribution is 7.13. The van der Waals surface area contributed by atoms with Crippen molar-refractivity contribution >= 4 is 11.3 Å². The first-order valence-electron chi connectivity index (χ1n) is 9.99. The first kappa shape index (κ1) is 18.0. The number of aromatic nitrogens is 1. The Bertz CT molecular complexity index is 673. The largest absolute Gasteiger partial charge is 0.494 e. The van der Waals surface area contributed by atoms with Crippen molar-refractivity contribution in [2.24, 2.45) is 0 Å². The van der Waals surface area contributed by atoms with Crippen molar-refractivity contribution in [2.45, 2.75) is 38.6 Å². The molecule has 1 aromatic heterocycles. The van der Waals surface area contributed by atoms with Crippen LogP contribution >= 0.6 is 11.3 Å². The lowest BCUT2D eigenvalue weighted by Gasteiger charge is -2.14. The van der Waals surface area contributed by atoms with Crippen molar-refractivity contribution in [1.29, 1.82) is 0 Å². The Hall–Kier alpha value is -1.43. The monoisotopic (exact) mass is 371 g/mol. The van der Waals surface area contributed by atoms with Gasteiger partial charge in [-0.15, -0.1) is 11.3 Å². The zero-order chi connectivity index (χ0) is 17.6. The lowest BCUT2D eigenvalue weighted by molar-refractivity contribution is 0.263. The van der Waals surface area contributed by atoms with E-state index in [1.807, 2.05) is 0 Å². The maximum atomic E-state index is 5.90. The fourth-order valence-electron chi connectivity index (χ4n) is 3.86.